The van der Waals surface area contributed by atoms with Gasteiger partial charge in [0.2, 0.25) is 5.95 Å². The molecule has 0 aromatic carbocycles. The number of amides is 1. The van der Waals surface area contributed by atoms with Crippen LogP contribution >= 0.6 is 0 Å². The van der Waals surface area contributed by atoms with Crippen molar-refractivity contribution in [3.63, 3.8) is 0 Å². The minimum atomic E-state index is -0.669. The number of aromatic nitrogens is 2. The molecule has 3 N–H and O–H groups in total. The fourth-order valence-electron chi connectivity index (χ4n) is 0.655. The largest absolute Gasteiger partial charge is 0.359 e. The van der Waals surface area contributed by atoms with E-state index < -0.39 is 5.91 Å². The first-order chi connectivity index (χ1) is 6.22. The second-order valence-electron chi connectivity index (χ2n) is 2.16. The van der Waals surface area contributed by atoms with Crippen LogP contribution in [0.4, 0.5) is 5.95 Å². The summed E-state index contributed by atoms with van der Waals surface area (Å²) in [7, 11) is 1.71. The molecule has 0 saturated heterocycles. The lowest BCUT2D eigenvalue weighted by Crippen LogP contribution is -2.06. The second-order valence-corrected chi connectivity index (χ2v) is 2.16. The van der Waals surface area contributed by atoms with Crippen molar-refractivity contribution in [2.24, 2.45) is 5.73 Å². The zero-order chi connectivity index (χ0) is 9.68. The fraction of sp³-hybridized carbons (Fsp3) is 0.125. The van der Waals surface area contributed by atoms with Gasteiger partial charge in [0.25, 0.3) is 5.91 Å². The summed E-state index contributed by atoms with van der Waals surface area (Å²) < 4.78 is 0. The number of anilines is 1. The zero-order valence-corrected chi connectivity index (χ0v) is 7.03. The molecule has 5 nitrogen and oxygen atoms in total. The highest BCUT2D eigenvalue weighted by atomic mass is 16.1. The molecule has 0 atom stereocenters. The smallest absolute Gasteiger partial charge is 0.293 e. The van der Waals surface area contributed by atoms with E-state index >= 15 is 0 Å². The van der Waals surface area contributed by atoms with E-state index in [0.29, 0.717) is 11.5 Å². The molecule has 1 heterocycles. The number of primary amides is 1. The van der Waals surface area contributed by atoms with Gasteiger partial charge >= 0.3 is 0 Å². The average molecular weight is 176 g/mol. The van der Waals surface area contributed by atoms with E-state index in [1.807, 2.05) is 0 Å². The predicted octanol–water partition coefficient (Wildman–Crippen LogP) is -0.645. The van der Waals surface area contributed by atoms with Gasteiger partial charge in [0.15, 0.2) is 0 Å². The van der Waals surface area contributed by atoms with Gasteiger partial charge in [-0.25, -0.2) is 9.97 Å². The first kappa shape index (κ1) is 9.00. The molecule has 1 aromatic rings. The van der Waals surface area contributed by atoms with E-state index in [0.717, 1.165) is 0 Å². The van der Waals surface area contributed by atoms with Crippen LogP contribution in [0.5, 0.6) is 0 Å². The molecular formula is C8H8N4O. The number of hydrogen-bond acceptors (Lipinski definition) is 4. The van der Waals surface area contributed by atoms with E-state index in [2.05, 4.69) is 27.1 Å². The monoisotopic (exact) mass is 176 g/mol. The quantitative estimate of drug-likeness (QED) is 0.557. The molecule has 0 aliphatic heterocycles. The van der Waals surface area contributed by atoms with Crippen molar-refractivity contribution in [2.75, 3.05) is 12.4 Å². The van der Waals surface area contributed by atoms with Gasteiger partial charge in [-0.05, 0) is 0 Å². The molecule has 0 aliphatic carbocycles. The average Bonchev–Trinajstić information content (AvgIpc) is 2.15. The summed E-state index contributed by atoms with van der Waals surface area (Å²) in [6.45, 7) is 0. The standard InChI is InChI=1S/C8H8N4O/c1-10-8-11-4-6(5-12-8)2-3-7(9)13/h4-5H,1H3,(H2,9,13)(H,10,11,12). The molecule has 1 rings (SSSR count). The third-order valence-electron chi connectivity index (χ3n) is 1.21. The molecule has 0 bridgehead atoms. The minimum absolute atomic E-state index is 0.504. The molecule has 0 fully saturated rings. The lowest BCUT2D eigenvalue weighted by atomic mass is 10.3. The summed E-state index contributed by atoms with van der Waals surface area (Å²) in [5.74, 6) is 4.54. The Labute approximate surface area is 75.4 Å². The molecule has 0 radical (unpaired) electrons. The van der Waals surface area contributed by atoms with E-state index in [9.17, 15) is 4.79 Å². The van der Waals surface area contributed by atoms with E-state index in [4.69, 9.17) is 5.73 Å². The molecule has 0 aliphatic rings. The van der Waals surface area contributed by atoms with E-state index in [1.54, 1.807) is 7.05 Å². The van der Waals surface area contributed by atoms with Gasteiger partial charge in [0.05, 0.1) is 5.56 Å². The van der Waals surface area contributed by atoms with Gasteiger partial charge in [0.1, 0.15) is 0 Å². The van der Waals surface area contributed by atoms with Crippen LogP contribution in [0.3, 0.4) is 0 Å². The Morgan fingerprint density at radius 3 is 2.62 bits per heavy atom. The number of carbonyl (C=O) groups excluding carboxylic acids is 1. The lowest BCUT2D eigenvalue weighted by Gasteiger charge is -1.94. The first-order valence-corrected chi connectivity index (χ1v) is 3.53. The van der Waals surface area contributed by atoms with Crippen LogP contribution in [-0.2, 0) is 4.79 Å². The molecule has 66 valence electrons. The van der Waals surface area contributed by atoms with Gasteiger partial charge < -0.3 is 11.1 Å². The Morgan fingerprint density at radius 1 is 1.54 bits per heavy atom. The van der Waals surface area contributed by atoms with Crippen LogP contribution in [-0.4, -0.2) is 22.9 Å². The van der Waals surface area contributed by atoms with Crippen LogP contribution in [0.25, 0.3) is 0 Å². The maximum Gasteiger partial charge on any atom is 0.293 e. The van der Waals surface area contributed by atoms with E-state index in [1.165, 1.54) is 12.4 Å². The van der Waals surface area contributed by atoms with Crippen molar-refractivity contribution in [1.82, 2.24) is 9.97 Å². The third-order valence-corrected chi connectivity index (χ3v) is 1.21. The highest BCUT2D eigenvalue weighted by Crippen LogP contribution is 1.96. The van der Waals surface area contributed by atoms with Crippen LogP contribution < -0.4 is 11.1 Å². The Hall–Kier alpha value is -2.09. The van der Waals surface area contributed by atoms with Crippen molar-refractivity contribution < 1.29 is 4.79 Å². The topological polar surface area (TPSA) is 80.9 Å². The summed E-state index contributed by atoms with van der Waals surface area (Å²) in [6, 6.07) is 0. The van der Waals surface area contributed by atoms with Gasteiger partial charge in [0, 0.05) is 25.4 Å². The summed E-state index contributed by atoms with van der Waals surface area (Å²) in [4.78, 5) is 18.1. The SMILES string of the molecule is CNc1ncc(C#CC(N)=O)cn1. The predicted molar refractivity (Wildman–Crippen MR) is 47.7 cm³/mol. The maximum atomic E-state index is 10.3. The summed E-state index contributed by atoms with van der Waals surface area (Å²) in [5, 5.41) is 2.76. The van der Waals surface area contributed by atoms with Gasteiger partial charge in [-0.15, -0.1) is 0 Å². The van der Waals surface area contributed by atoms with Crippen LogP contribution in [0.1, 0.15) is 5.56 Å². The molecule has 0 saturated carbocycles. The normalized spacial score (nSPS) is 8.38. The molecule has 1 aromatic heterocycles. The van der Waals surface area contributed by atoms with Crippen molar-refractivity contribution >= 4 is 11.9 Å². The molecule has 0 unspecified atom stereocenters. The number of carbonyl (C=O) groups is 1. The van der Waals surface area contributed by atoms with Gasteiger partial charge in [-0.1, -0.05) is 5.92 Å². The Bertz CT molecular complexity index is 360. The number of nitrogens with one attached hydrogen (secondary N) is 1. The molecule has 1 amide bonds. The second kappa shape index (κ2) is 4.07. The molecule has 0 spiro atoms. The number of rotatable bonds is 1. The highest BCUT2D eigenvalue weighted by Gasteiger charge is 1.91. The maximum absolute atomic E-state index is 10.3. The van der Waals surface area contributed by atoms with Crippen molar-refractivity contribution in [3.05, 3.63) is 18.0 Å². The minimum Gasteiger partial charge on any atom is -0.359 e. The number of hydrogen-bond donors (Lipinski definition) is 2. The summed E-state index contributed by atoms with van der Waals surface area (Å²) in [6.07, 6.45) is 3.02. The lowest BCUT2D eigenvalue weighted by molar-refractivity contribution is -0.112. The molecule has 5 heteroatoms. The third kappa shape index (κ3) is 2.79. The van der Waals surface area contributed by atoms with E-state index in [-0.39, 0.29) is 0 Å². The Morgan fingerprint density at radius 2 is 2.15 bits per heavy atom. The highest BCUT2D eigenvalue weighted by molar-refractivity contribution is 5.92. The number of nitrogens with two attached hydrogens (primary N) is 1. The van der Waals surface area contributed by atoms with Crippen LogP contribution in [0.15, 0.2) is 12.4 Å². The van der Waals surface area contributed by atoms with Gasteiger partial charge in [-0.2, -0.15) is 0 Å². The van der Waals surface area contributed by atoms with Crippen molar-refractivity contribution in [2.45, 2.75) is 0 Å². The van der Waals surface area contributed by atoms with Crippen LogP contribution in [0, 0.1) is 11.8 Å². The fourth-order valence-corrected chi connectivity index (χ4v) is 0.655. The summed E-state index contributed by atoms with van der Waals surface area (Å²) >= 11 is 0. The summed E-state index contributed by atoms with van der Waals surface area (Å²) in [5.41, 5.74) is 5.38. The first-order valence-electron chi connectivity index (χ1n) is 3.53. The molecular weight excluding hydrogens is 168 g/mol. The molecule has 13 heavy (non-hydrogen) atoms. The zero-order valence-electron chi connectivity index (χ0n) is 7.03. The Balaban J connectivity index is 2.83. The Kier molecular flexibility index (Phi) is 2.82. The number of nitrogens with zero attached hydrogens (tertiary/aromatic N) is 2. The van der Waals surface area contributed by atoms with Crippen LogP contribution in [0.2, 0.25) is 0 Å². The van der Waals surface area contributed by atoms with Crippen molar-refractivity contribution in [3.8, 4) is 11.8 Å². The van der Waals surface area contributed by atoms with Gasteiger partial charge in [-0.3, -0.25) is 4.79 Å². The van der Waals surface area contributed by atoms with Crippen molar-refractivity contribution in [1.29, 1.82) is 0 Å².